The van der Waals surface area contributed by atoms with Crippen LogP contribution in [0, 0.1) is 6.92 Å². The standard InChI is InChI=1S/C16H26N2O2/c1-11-8-12(10-13(9-11)16(2,3)4)14(20-5)15(19)18-7-6-17/h8-10,14H,6-7,17H2,1-5H3,(H,18,19). The van der Waals surface area contributed by atoms with Crippen molar-refractivity contribution in [3.63, 3.8) is 0 Å². The van der Waals surface area contributed by atoms with Gasteiger partial charge < -0.3 is 15.8 Å². The van der Waals surface area contributed by atoms with Crippen molar-refractivity contribution in [3.8, 4) is 0 Å². The lowest BCUT2D eigenvalue weighted by Crippen LogP contribution is -2.34. The summed E-state index contributed by atoms with van der Waals surface area (Å²) in [6, 6.07) is 6.18. The van der Waals surface area contributed by atoms with Gasteiger partial charge in [0.1, 0.15) is 0 Å². The number of carbonyl (C=O) groups is 1. The minimum Gasteiger partial charge on any atom is -0.367 e. The van der Waals surface area contributed by atoms with E-state index in [4.69, 9.17) is 10.5 Å². The Labute approximate surface area is 121 Å². The molecule has 1 atom stereocenters. The molecule has 1 rings (SSSR count). The van der Waals surface area contributed by atoms with Crippen molar-refractivity contribution in [2.24, 2.45) is 5.73 Å². The molecule has 0 fully saturated rings. The van der Waals surface area contributed by atoms with Crippen LogP contribution < -0.4 is 11.1 Å². The molecule has 0 saturated heterocycles. The summed E-state index contributed by atoms with van der Waals surface area (Å²) >= 11 is 0. The maximum absolute atomic E-state index is 12.1. The number of rotatable bonds is 5. The Bertz CT molecular complexity index is 464. The van der Waals surface area contributed by atoms with Crippen LogP contribution in [-0.2, 0) is 14.9 Å². The van der Waals surface area contributed by atoms with Crippen LogP contribution in [0.4, 0.5) is 0 Å². The second kappa shape index (κ2) is 6.86. The zero-order chi connectivity index (χ0) is 15.3. The number of benzene rings is 1. The Morgan fingerprint density at radius 2 is 2.00 bits per heavy atom. The number of hydrogen-bond donors (Lipinski definition) is 2. The quantitative estimate of drug-likeness (QED) is 0.866. The van der Waals surface area contributed by atoms with Crippen molar-refractivity contribution >= 4 is 5.91 Å². The van der Waals surface area contributed by atoms with Gasteiger partial charge in [0.15, 0.2) is 6.10 Å². The third kappa shape index (κ3) is 4.32. The molecule has 4 nitrogen and oxygen atoms in total. The fourth-order valence-corrected chi connectivity index (χ4v) is 2.08. The number of amides is 1. The van der Waals surface area contributed by atoms with E-state index >= 15 is 0 Å². The van der Waals surface area contributed by atoms with Crippen LogP contribution in [0.2, 0.25) is 0 Å². The predicted molar refractivity (Wildman–Crippen MR) is 81.7 cm³/mol. The van der Waals surface area contributed by atoms with Crippen LogP contribution in [0.25, 0.3) is 0 Å². The van der Waals surface area contributed by atoms with Gasteiger partial charge >= 0.3 is 0 Å². The van der Waals surface area contributed by atoms with Crippen molar-refractivity contribution in [1.82, 2.24) is 5.32 Å². The van der Waals surface area contributed by atoms with Gasteiger partial charge in [-0.1, -0.05) is 44.5 Å². The Morgan fingerprint density at radius 1 is 1.35 bits per heavy atom. The lowest BCUT2D eigenvalue weighted by molar-refractivity contribution is -0.131. The lowest BCUT2D eigenvalue weighted by Gasteiger charge is -2.23. The summed E-state index contributed by atoms with van der Waals surface area (Å²) in [4.78, 5) is 12.1. The van der Waals surface area contributed by atoms with Gasteiger partial charge in [0.05, 0.1) is 0 Å². The van der Waals surface area contributed by atoms with Crippen LogP contribution in [-0.4, -0.2) is 26.1 Å². The van der Waals surface area contributed by atoms with Crippen molar-refractivity contribution in [3.05, 3.63) is 34.9 Å². The molecule has 1 amide bonds. The van der Waals surface area contributed by atoms with Gasteiger partial charge in [0.25, 0.3) is 5.91 Å². The number of nitrogens with one attached hydrogen (secondary N) is 1. The van der Waals surface area contributed by atoms with E-state index in [9.17, 15) is 4.79 Å². The maximum Gasteiger partial charge on any atom is 0.253 e. The molecule has 0 saturated carbocycles. The summed E-state index contributed by atoms with van der Waals surface area (Å²) in [5.74, 6) is -0.150. The van der Waals surface area contributed by atoms with Crippen LogP contribution in [0.5, 0.6) is 0 Å². The third-order valence-corrected chi connectivity index (χ3v) is 3.19. The summed E-state index contributed by atoms with van der Waals surface area (Å²) in [6.07, 6.45) is -0.595. The Kier molecular flexibility index (Phi) is 5.72. The second-order valence-electron chi connectivity index (χ2n) is 6.08. The van der Waals surface area contributed by atoms with Crippen molar-refractivity contribution < 1.29 is 9.53 Å². The van der Waals surface area contributed by atoms with Gasteiger partial charge in [0.2, 0.25) is 0 Å². The molecule has 112 valence electrons. The molecule has 20 heavy (non-hydrogen) atoms. The number of hydrogen-bond acceptors (Lipinski definition) is 3. The van der Waals surface area contributed by atoms with E-state index < -0.39 is 6.10 Å². The van der Waals surface area contributed by atoms with E-state index in [1.54, 1.807) is 7.11 Å². The minimum absolute atomic E-state index is 0.0345. The molecule has 3 N–H and O–H groups in total. The van der Waals surface area contributed by atoms with E-state index in [1.165, 1.54) is 5.56 Å². The van der Waals surface area contributed by atoms with Gasteiger partial charge in [-0.3, -0.25) is 4.79 Å². The number of ether oxygens (including phenoxy) is 1. The van der Waals surface area contributed by atoms with Crippen LogP contribution in [0.1, 0.15) is 43.6 Å². The van der Waals surface area contributed by atoms with E-state index in [2.05, 4.69) is 32.2 Å². The van der Waals surface area contributed by atoms with E-state index in [-0.39, 0.29) is 11.3 Å². The highest BCUT2D eigenvalue weighted by Gasteiger charge is 2.22. The highest BCUT2D eigenvalue weighted by atomic mass is 16.5. The molecule has 0 aliphatic heterocycles. The summed E-state index contributed by atoms with van der Waals surface area (Å²) in [5.41, 5.74) is 8.64. The fourth-order valence-electron chi connectivity index (χ4n) is 2.08. The summed E-state index contributed by atoms with van der Waals surface area (Å²) in [7, 11) is 1.55. The molecular weight excluding hydrogens is 252 g/mol. The van der Waals surface area contributed by atoms with E-state index in [0.29, 0.717) is 13.1 Å². The second-order valence-corrected chi connectivity index (χ2v) is 6.08. The van der Waals surface area contributed by atoms with Crippen LogP contribution in [0.15, 0.2) is 18.2 Å². The zero-order valence-electron chi connectivity index (χ0n) is 13.1. The number of methoxy groups -OCH3 is 1. The van der Waals surface area contributed by atoms with Gasteiger partial charge in [0, 0.05) is 20.2 Å². The molecule has 0 aliphatic carbocycles. The first kappa shape index (κ1) is 16.7. The van der Waals surface area contributed by atoms with Crippen molar-refractivity contribution in [2.45, 2.75) is 39.2 Å². The van der Waals surface area contributed by atoms with E-state index in [0.717, 1.165) is 11.1 Å². The molecule has 1 unspecified atom stereocenters. The third-order valence-electron chi connectivity index (χ3n) is 3.19. The van der Waals surface area contributed by atoms with Gasteiger partial charge in [-0.25, -0.2) is 0 Å². The molecular formula is C16H26N2O2. The number of carbonyl (C=O) groups excluding carboxylic acids is 1. The van der Waals surface area contributed by atoms with Gasteiger partial charge in [-0.05, 0) is 23.5 Å². The smallest absolute Gasteiger partial charge is 0.253 e. The Morgan fingerprint density at radius 3 is 2.50 bits per heavy atom. The molecule has 0 aromatic heterocycles. The summed E-state index contributed by atoms with van der Waals surface area (Å²) in [6.45, 7) is 9.37. The first-order valence-electron chi connectivity index (χ1n) is 6.92. The normalized spacial score (nSPS) is 13.1. The number of aryl methyl sites for hydroxylation is 1. The molecule has 0 bridgehead atoms. The molecule has 0 heterocycles. The Hall–Kier alpha value is -1.39. The largest absolute Gasteiger partial charge is 0.367 e. The molecule has 0 spiro atoms. The first-order valence-corrected chi connectivity index (χ1v) is 6.92. The van der Waals surface area contributed by atoms with E-state index in [1.807, 2.05) is 19.1 Å². The molecule has 0 radical (unpaired) electrons. The summed E-state index contributed by atoms with van der Waals surface area (Å²) < 4.78 is 5.37. The average Bonchev–Trinajstić information content (AvgIpc) is 2.35. The fraction of sp³-hybridized carbons (Fsp3) is 0.562. The van der Waals surface area contributed by atoms with Gasteiger partial charge in [-0.15, -0.1) is 0 Å². The van der Waals surface area contributed by atoms with Crippen molar-refractivity contribution in [1.29, 1.82) is 0 Å². The number of nitrogens with two attached hydrogens (primary N) is 1. The molecule has 1 aromatic rings. The highest BCUT2D eigenvalue weighted by molar-refractivity contribution is 5.82. The first-order chi connectivity index (χ1) is 9.29. The predicted octanol–water partition coefficient (Wildman–Crippen LogP) is 2.05. The monoisotopic (exact) mass is 278 g/mol. The van der Waals surface area contributed by atoms with Crippen LogP contribution >= 0.6 is 0 Å². The highest BCUT2D eigenvalue weighted by Crippen LogP contribution is 2.28. The van der Waals surface area contributed by atoms with Crippen molar-refractivity contribution in [2.75, 3.05) is 20.2 Å². The van der Waals surface area contributed by atoms with Gasteiger partial charge in [-0.2, -0.15) is 0 Å². The molecule has 0 aliphatic rings. The zero-order valence-corrected chi connectivity index (χ0v) is 13.1. The Balaban J connectivity index is 3.09. The molecule has 4 heteroatoms. The topological polar surface area (TPSA) is 64.3 Å². The summed E-state index contributed by atoms with van der Waals surface area (Å²) in [5, 5.41) is 2.77. The lowest BCUT2D eigenvalue weighted by atomic mass is 9.84. The SMILES string of the molecule is COC(C(=O)NCCN)c1cc(C)cc(C(C)(C)C)c1. The average molecular weight is 278 g/mol. The maximum atomic E-state index is 12.1. The molecule has 1 aromatic carbocycles. The minimum atomic E-state index is -0.595. The van der Waals surface area contributed by atoms with Crippen LogP contribution in [0.3, 0.4) is 0 Å².